The molecule has 0 heterocycles. The lowest BCUT2D eigenvalue weighted by Gasteiger charge is -2.01. The third-order valence-electron chi connectivity index (χ3n) is 2.94. The molecule has 2 N–H and O–H groups in total. The Balaban J connectivity index is 2.19. The summed E-state index contributed by atoms with van der Waals surface area (Å²) in [4.78, 5) is 0. The highest BCUT2D eigenvalue weighted by molar-refractivity contribution is 6.01. The van der Waals surface area contributed by atoms with E-state index in [0.29, 0.717) is 5.69 Å². The van der Waals surface area contributed by atoms with Gasteiger partial charge in [-0.25, -0.2) is 4.39 Å². The van der Waals surface area contributed by atoms with E-state index in [1.807, 2.05) is 38.1 Å². The summed E-state index contributed by atoms with van der Waals surface area (Å²) in [5.74, 6) is -0.261. The van der Waals surface area contributed by atoms with Crippen LogP contribution in [0.15, 0.2) is 58.7 Å². The van der Waals surface area contributed by atoms with Crippen molar-refractivity contribution in [2.45, 2.75) is 13.8 Å². The van der Waals surface area contributed by atoms with Crippen molar-refractivity contribution in [3.63, 3.8) is 0 Å². The van der Waals surface area contributed by atoms with Gasteiger partial charge in [-0.2, -0.15) is 10.2 Å². The molecule has 2 rings (SSSR count). The topological polar surface area (TPSA) is 50.7 Å². The van der Waals surface area contributed by atoms with Crippen LogP contribution >= 0.6 is 0 Å². The number of hydrogen-bond donors (Lipinski definition) is 1. The van der Waals surface area contributed by atoms with Gasteiger partial charge in [0.2, 0.25) is 0 Å². The van der Waals surface area contributed by atoms with Crippen LogP contribution in [0.5, 0.6) is 0 Å². The van der Waals surface area contributed by atoms with Crippen LogP contribution in [0, 0.1) is 5.82 Å². The second-order valence-corrected chi connectivity index (χ2v) is 4.50. The zero-order chi connectivity index (χ0) is 14.5. The Bertz CT molecular complexity index is 581. The SMILES string of the molecule is C/C(=N\N=C(/C)c1ccc(F)cc1)c1ccc(N)cc1. The quantitative estimate of drug-likeness (QED) is 0.516. The molecule has 0 unspecified atom stereocenters. The molecule has 102 valence electrons. The Kier molecular flexibility index (Phi) is 4.25. The molecule has 0 bridgehead atoms. The minimum absolute atomic E-state index is 0.261. The van der Waals surface area contributed by atoms with Crippen molar-refractivity contribution in [3.05, 3.63) is 65.5 Å². The molecule has 0 aliphatic rings. The van der Waals surface area contributed by atoms with E-state index >= 15 is 0 Å². The first kappa shape index (κ1) is 13.9. The standard InChI is InChI=1S/C16H16FN3/c1-11(13-3-7-15(17)8-4-13)19-20-12(2)14-5-9-16(18)10-6-14/h3-10H,18H2,1-2H3/b19-11+,20-12+. The van der Waals surface area contributed by atoms with Crippen LogP contribution in [-0.2, 0) is 0 Å². The van der Waals surface area contributed by atoms with Gasteiger partial charge < -0.3 is 5.73 Å². The highest BCUT2D eigenvalue weighted by atomic mass is 19.1. The van der Waals surface area contributed by atoms with E-state index in [9.17, 15) is 4.39 Å². The van der Waals surface area contributed by atoms with Gasteiger partial charge in [0, 0.05) is 5.69 Å². The summed E-state index contributed by atoms with van der Waals surface area (Å²) in [6.45, 7) is 3.72. The maximum Gasteiger partial charge on any atom is 0.123 e. The van der Waals surface area contributed by atoms with E-state index in [4.69, 9.17) is 5.73 Å². The summed E-state index contributed by atoms with van der Waals surface area (Å²) >= 11 is 0. The molecule has 0 saturated heterocycles. The van der Waals surface area contributed by atoms with Gasteiger partial charge in [-0.3, -0.25) is 0 Å². The van der Waals surface area contributed by atoms with Gasteiger partial charge >= 0.3 is 0 Å². The van der Waals surface area contributed by atoms with E-state index in [1.54, 1.807) is 12.1 Å². The summed E-state index contributed by atoms with van der Waals surface area (Å²) in [5, 5.41) is 8.37. The van der Waals surface area contributed by atoms with Gasteiger partial charge in [-0.15, -0.1) is 0 Å². The average molecular weight is 269 g/mol. The summed E-state index contributed by atoms with van der Waals surface area (Å²) in [7, 11) is 0. The molecule has 4 heteroatoms. The second kappa shape index (κ2) is 6.10. The van der Waals surface area contributed by atoms with Crippen molar-refractivity contribution >= 4 is 17.1 Å². The van der Waals surface area contributed by atoms with Gasteiger partial charge in [-0.1, -0.05) is 24.3 Å². The third-order valence-corrected chi connectivity index (χ3v) is 2.94. The largest absolute Gasteiger partial charge is 0.399 e. The molecule has 2 aromatic rings. The molecule has 0 amide bonds. The van der Waals surface area contributed by atoms with Crippen LogP contribution < -0.4 is 5.73 Å². The summed E-state index contributed by atoms with van der Waals surface area (Å²) in [6.07, 6.45) is 0. The zero-order valence-corrected chi connectivity index (χ0v) is 11.5. The van der Waals surface area contributed by atoms with Crippen molar-refractivity contribution in [2.24, 2.45) is 10.2 Å². The van der Waals surface area contributed by atoms with Gasteiger partial charge in [-0.05, 0) is 49.2 Å². The van der Waals surface area contributed by atoms with Crippen molar-refractivity contribution in [1.29, 1.82) is 0 Å². The smallest absolute Gasteiger partial charge is 0.123 e. The maximum absolute atomic E-state index is 12.8. The molecular formula is C16H16FN3. The summed E-state index contributed by atoms with van der Waals surface area (Å²) in [6, 6.07) is 13.6. The van der Waals surface area contributed by atoms with Gasteiger partial charge in [0.05, 0.1) is 11.4 Å². The molecule has 0 aromatic heterocycles. The first-order chi connectivity index (χ1) is 9.56. The molecule has 0 aliphatic heterocycles. The number of halogens is 1. The molecule has 0 aliphatic carbocycles. The number of nitrogens with zero attached hydrogens (tertiary/aromatic N) is 2. The van der Waals surface area contributed by atoms with E-state index < -0.39 is 0 Å². The highest BCUT2D eigenvalue weighted by Crippen LogP contribution is 2.08. The highest BCUT2D eigenvalue weighted by Gasteiger charge is 1.99. The van der Waals surface area contributed by atoms with Crippen LogP contribution in [0.1, 0.15) is 25.0 Å². The fourth-order valence-corrected chi connectivity index (χ4v) is 1.68. The first-order valence-electron chi connectivity index (χ1n) is 6.27. The average Bonchev–Trinajstić information content (AvgIpc) is 2.46. The summed E-state index contributed by atoms with van der Waals surface area (Å²) in [5.41, 5.74) is 9.70. The maximum atomic E-state index is 12.8. The Morgan fingerprint density at radius 2 is 1.20 bits per heavy atom. The summed E-state index contributed by atoms with van der Waals surface area (Å²) < 4.78 is 12.8. The van der Waals surface area contributed by atoms with Gasteiger partial charge in [0.15, 0.2) is 0 Å². The Morgan fingerprint density at radius 3 is 1.65 bits per heavy atom. The zero-order valence-electron chi connectivity index (χ0n) is 11.5. The normalized spacial score (nSPS) is 12.6. The van der Waals surface area contributed by atoms with Crippen LogP contribution in [0.4, 0.5) is 10.1 Å². The van der Waals surface area contributed by atoms with Crippen molar-refractivity contribution < 1.29 is 4.39 Å². The Morgan fingerprint density at radius 1 is 0.800 bits per heavy atom. The predicted octanol–water partition coefficient (Wildman–Crippen LogP) is 3.64. The third kappa shape index (κ3) is 3.51. The lowest BCUT2D eigenvalue weighted by atomic mass is 10.1. The molecule has 0 fully saturated rings. The van der Waals surface area contributed by atoms with E-state index in [2.05, 4.69) is 10.2 Å². The number of nitrogen functional groups attached to an aromatic ring is 1. The fraction of sp³-hybridized carbons (Fsp3) is 0.125. The molecular weight excluding hydrogens is 253 g/mol. The van der Waals surface area contributed by atoms with Gasteiger partial charge in [0.1, 0.15) is 5.82 Å². The van der Waals surface area contributed by atoms with E-state index in [-0.39, 0.29) is 5.82 Å². The van der Waals surface area contributed by atoms with Crippen LogP contribution in [0.3, 0.4) is 0 Å². The molecule has 0 atom stereocenters. The second-order valence-electron chi connectivity index (χ2n) is 4.50. The van der Waals surface area contributed by atoms with Crippen LogP contribution in [-0.4, -0.2) is 11.4 Å². The lowest BCUT2D eigenvalue weighted by molar-refractivity contribution is 0.628. The molecule has 3 nitrogen and oxygen atoms in total. The van der Waals surface area contributed by atoms with Crippen LogP contribution in [0.25, 0.3) is 0 Å². The number of benzene rings is 2. The molecule has 20 heavy (non-hydrogen) atoms. The van der Waals surface area contributed by atoms with Crippen molar-refractivity contribution in [2.75, 3.05) is 5.73 Å². The number of anilines is 1. The Labute approximate surface area is 117 Å². The van der Waals surface area contributed by atoms with Crippen molar-refractivity contribution in [3.8, 4) is 0 Å². The monoisotopic (exact) mass is 269 g/mol. The predicted molar refractivity (Wildman–Crippen MR) is 81.7 cm³/mol. The molecule has 2 aromatic carbocycles. The lowest BCUT2D eigenvalue weighted by Crippen LogP contribution is -1.97. The first-order valence-corrected chi connectivity index (χ1v) is 6.27. The molecule has 0 saturated carbocycles. The number of rotatable bonds is 3. The fourth-order valence-electron chi connectivity index (χ4n) is 1.68. The molecule has 0 radical (unpaired) electrons. The van der Waals surface area contributed by atoms with E-state index in [1.165, 1.54) is 12.1 Å². The number of nitrogens with two attached hydrogens (primary N) is 1. The number of hydrogen-bond acceptors (Lipinski definition) is 3. The van der Waals surface area contributed by atoms with E-state index in [0.717, 1.165) is 22.6 Å². The van der Waals surface area contributed by atoms with Crippen LogP contribution in [0.2, 0.25) is 0 Å². The Hall–Kier alpha value is -2.49. The van der Waals surface area contributed by atoms with Crippen molar-refractivity contribution in [1.82, 2.24) is 0 Å². The van der Waals surface area contributed by atoms with Gasteiger partial charge in [0.25, 0.3) is 0 Å². The molecule has 0 spiro atoms. The minimum Gasteiger partial charge on any atom is -0.399 e. The minimum atomic E-state index is -0.261.